The van der Waals surface area contributed by atoms with Gasteiger partial charge in [-0.3, -0.25) is 4.79 Å². The Labute approximate surface area is 143 Å². The molecule has 0 spiro atoms. The topological polar surface area (TPSA) is 49.4 Å². The molecule has 0 saturated carbocycles. The van der Waals surface area contributed by atoms with Gasteiger partial charge in [-0.2, -0.15) is 0 Å². The van der Waals surface area contributed by atoms with Crippen LogP contribution in [0.2, 0.25) is 0 Å². The normalized spacial score (nSPS) is 10.2. The van der Waals surface area contributed by atoms with Gasteiger partial charge < -0.3 is 10.2 Å². The van der Waals surface area contributed by atoms with Crippen LogP contribution in [0.15, 0.2) is 54.6 Å². The number of rotatable bonds is 7. The van der Waals surface area contributed by atoms with Gasteiger partial charge in [0, 0.05) is 31.6 Å². The largest absolute Gasteiger partial charge is 0.338 e. The molecule has 0 heterocycles. The zero-order chi connectivity index (χ0) is 17.4. The van der Waals surface area contributed by atoms with Crippen molar-refractivity contribution in [3.8, 4) is 0 Å². The SMILES string of the molecule is CCN(Cc1ccccc1)C(=O)NCCC(=O)c1ccc(C)cc1. The number of carbonyl (C=O) groups excluding carboxylic acids is 2. The summed E-state index contributed by atoms with van der Waals surface area (Å²) in [6, 6.07) is 17.2. The van der Waals surface area contributed by atoms with Crippen LogP contribution < -0.4 is 5.32 Å². The minimum absolute atomic E-state index is 0.0430. The van der Waals surface area contributed by atoms with Crippen molar-refractivity contribution in [1.82, 2.24) is 10.2 Å². The van der Waals surface area contributed by atoms with Crippen molar-refractivity contribution in [1.29, 1.82) is 0 Å². The van der Waals surface area contributed by atoms with Crippen molar-refractivity contribution >= 4 is 11.8 Å². The third-order valence-electron chi connectivity index (χ3n) is 3.89. The molecule has 0 aliphatic carbocycles. The van der Waals surface area contributed by atoms with Crippen LogP contribution in [0, 0.1) is 6.92 Å². The number of nitrogens with one attached hydrogen (secondary N) is 1. The van der Waals surface area contributed by atoms with E-state index in [1.807, 2.05) is 68.4 Å². The van der Waals surface area contributed by atoms with Gasteiger partial charge in [0.25, 0.3) is 0 Å². The minimum atomic E-state index is -0.141. The maximum Gasteiger partial charge on any atom is 0.317 e. The van der Waals surface area contributed by atoms with E-state index in [9.17, 15) is 9.59 Å². The maximum absolute atomic E-state index is 12.2. The molecule has 0 radical (unpaired) electrons. The fourth-order valence-corrected chi connectivity index (χ4v) is 2.41. The van der Waals surface area contributed by atoms with Gasteiger partial charge in [0.15, 0.2) is 5.78 Å². The lowest BCUT2D eigenvalue weighted by atomic mass is 10.1. The molecule has 0 unspecified atom stereocenters. The van der Waals surface area contributed by atoms with Crippen LogP contribution in [0.1, 0.15) is 34.8 Å². The van der Waals surface area contributed by atoms with Gasteiger partial charge in [0.05, 0.1) is 0 Å². The lowest BCUT2D eigenvalue weighted by Crippen LogP contribution is -2.40. The molecule has 4 heteroatoms. The fraction of sp³-hybridized carbons (Fsp3) is 0.300. The van der Waals surface area contributed by atoms with Crippen LogP contribution in [0.5, 0.6) is 0 Å². The third kappa shape index (κ3) is 5.23. The minimum Gasteiger partial charge on any atom is -0.338 e. The van der Waals surface area contributed by atoms with Crippen LogP contribution in [0.4, 0.5) is 4.79 Å². The third-order valence-corrected chi connectivity index (χ3v) is 3.89. The number of carbonyl (C=O) groups is 2. The molecule has 0 atom stereocenters. The Kier molecular flexibility index (Phi) is 6.55. The van der Waals surface area contributed by atoms with Crippen molar-refractivity contribution in [3.63, 3.8) is 0 Å². The van der Waals surface area contributed by atoms with Gasteiger partial charge in [-0.05, 0) is 19.4 Å². The van der Waals surface area contributed by atoms with Crippen molar-refractivity contribution in [3.05, 3.63) is 71.3 Å². The molecule has 4 nitrogen and oxygen atoms in total. The highest BCUT2D eigenvalue weighted by Gasteiger charge is 2.12. The monoisotopic (exact) mass is 324 g/mol. The number of benzene rings is 2. The molecule has 2 rings (SSSR count). The predicted molar refractivity (Wildman–Crippen MR) is 96.1 cm³/mol. The van der Waals surface area contributed by atoms with Crippen LogP contribution in [-0.4, -0.2) is 29.8 Å². The highest BCUT2D eigenvalue weighted by atomic mass is 16.2. The molecule has 0 bridgehead atoms. The Morgan fingerprint density at radius 1 is 1.00 bits per heavy atom. The van der Waals surface area contributed by atoms with Gasteiger partial charge in [-0.25, -0.2) is 4.79 Å². The predicted octanol–water partition coefficient (Wildman–Crippen LogP) is 3.80. The van der Waals surface area contributed by atoms with E-state index in [1.54, 1.807) is 4.90 Å². The number of Topliss-reactive ketones (excluding diaryl/α,β-unsaturated/α-hetero) is 1. The summed E-state index contributed by atoms with van der Waals surface area (Å²) in [5.41, 5.74) is 2.90. The average Bonchev–Trinajstić information content (AvgIpc) is 2.61. The summed E-state index contributed by atoms with van der Waals surface area (Å²) < 4.78 is 0. The van der Waals surface area contributed by atoms with E-state index < -0.39 is 0 Å². The molecule has 1 N–H and O–H groups in total. The smallest absolute Gasteiger partial charge is 0.317 e. The summed E-state index contributed by atoms with van der Waals surface area (Å²) >= 11 is 0. The van der Waals surface area contributed by atoms with Crippen molar-refractivity contribution in [2.45, 2.75) is 26.8 Å². The molecular weight excluding hydrogens is 300 g/mol. The Bertz CT molecular complexity index is 666. The second kappa shape index (κ2) is 8.87. The molecule has 0 aliphatic heterocycles. The first kappa shape index (κ1) is 17.7. The number of hydrogen-bond acceptors (Lipinski definition) is 2. The Morgan fingerprint density at radius 2 is 1.67 bits per heavy atom. The van der Waals surface area contributed by atoms with Gasteiger partial charge in [0.2, 0.25) is 0 Å². The molecule has 0 aromatic heterocycles. The Balaban J connectivity index is 1.80. The molecule has 0 saturated heterocycles. The van der Waals surface area contributed by atoms with Crippen LogP contribution in [0.25, 0.3) is 0 Å². The zero-order valence-electron chi connectivity index (χ0n) is 14.3. The summed E-state index contributed by atoms with van der Waals surface area (Å²) in [5.74, 6) is 0.0430. The van der Waals surface area contributed by atoms with E-state index in [0.717, 1.165) is 11.1 Å². The Hall–Kier alpha value is -2.62. The molecule has 0 fully saturated rings. The average molecular weight is 324 g/mol. The van der Waals surface area contributed by atoms with Gasteiger partial charge in [-0.1, -0.05) is 60.2 Å². The summed E-state index contributed by atoms with van der Waals surface area (Å²) in [7, 11) is 0. The number of nitrogens with zero attached hydrogens (tertiary/aromatic N) is 1. The van der Waals surface area contributed by atoms with Crippen LogP contribution >= 0.6 is 0 Å². The second-order valence-corrected chi connectivity index (χ2v) is 5.77. The van der Waals surface area contributed by atoms with Crippen molar-refractivity contribution in [2.24, 2.45) is 0 Å². The van der Waals surface area contributed by atoms with Crippen molar-refractivity contribution in [2.75, 3.05) is 13.1 Å². The zero-order valence-corrected chi connectivity index (χ0v) is 14.3. The van der Waals surface area contributed by atoms with Gasteiger partial charge in [0.1, 0.15) is 0 Å². The first-order chi connectivity index (χ1) is 11.6. The number of urea groups is 1. The maximum atomic E-state index is 12.2. The highest BCUT2D eigenvalue weighted by Crippen LogP contribution is 2.07. The molecule has 2 aromatic rings. The molecule has 126 valence electrons. The van der Waals surface area contributed by atoms with E-state index in [1.165, 1.54) is 0 Å². The quantitative estimate of drug-likeness (QED) is 0.788. The number of aryl methyl sites for hydroxylation is 1. The summed E-state index contributed by atoms with van der Waals surface area (Å²) in [4.78, 5) is 26.1. The van der Waals surface area contributed by atoms with E-state index in [-0.39, 0.29) is 11.8 Å². The lowest BCUT2D eigenvalue weighted by Gasteiger charge is -2.21. The molecule has 24 heavy (non-hydrogen) atoms. The standard InChI is InChI=1S/C20H24N2O2/c1-3-22(15-17-7-5-4-6-8-17)20(24)21-14-13-19(23)18-11-9-16(2)10-12-18/h4-12H,3,13-15H2,1-2H3,(H,21,24). The highest BCUT2D eigenvalue weighted by molar-refractivity contribution is 5.96. The van der Waals surface area contributed by atoms with E-state index >= 15 is 0 Å². The molecular formula is C20H24N2O2. The van der Waals surface area contributed by atoms with Crippen LogP contribution in [0.3, 0.4) is 0 Å². The van der Waals surface area contributed by atoms with Gasteiger partial charge in [-0.15, -0.1) is 0 Å². The second-order valence-electron chi connectivity index (χ2n) is 5.77. The Morgan fingerprint density at radius 3 is 2.29 bits per heavy atom. The van der Waals surface area contributed by atoms with Crippen molar-refractivity contribution < 1.29 is 9.59 Å². The molecule has 0 aliphatic rings. The number of amides is 2. The first-order valence-corrected chi connectivity index (χ1v) is 8.26. The van der Waals surface area contributed by atoms with E-state index in [2.05, 4.69) is 5.32 Å². The first-order valence-electron chi connectivity index (χ1n) is 8.26. The summed E-state index contributed by atoms with van der Waals surface area (Å²) in [5, 5.41) is 2.83. The van der Waals surface area contributed by atoms with Crippen LogP contribution in [-0.2, 0) is 6.54 Å². The van der Waals surface area contributed by atoms with E-state index in [4.69, 9.17) is 0 Å². The fourth-order valence-electron chi connectivity index (χ4n) is 2.41. The molecule has 2 aromatic carbocycles. The summed E-state index contributed by atoms with van der Waals surface area (Å²) in [6.07, 6.45) is 0.303. The van der Waals surface area contributed by atoms with E-state index in [0.29, 0.717) is 31.6 Å². The summed E-state index contributed by atoms with van der Waals surface area (Å²) in [6.45, 7) is 5.46. The number of ketones is 1. The molecule has 2 amide bonds. The van der Waals surface area contributed by atoms with Gasteiger partial charge >= 0.3 is 6.03 Å². The lowest BCUT2D eigenvalue weighted by molar-refractivity contribution is 0.0983. The number of hydrogen-bond donors (Lipinski definition) is 1.